The molecule has 3 aromatic heterocycles. The Morgan fingerprint density at radius 1 is 1.08 bits per heavy atom. The maximum atomic E-state index is 12.5. The summed E-state index contributed by atoms with van der Waals surface area (Å²) >= 11 is 0. The zero-order valence-electron chi connectivity index (χ0n) is 20.4. The van der Waals surface area contributed by atoms with Crippen LogP contribution >= 0.6 is 0 Å². The number of aromatic nitrogens is 4. The predicted octanol–water partition coefficient (Wildman–Crippen LogP) is 4.82. The number of amides is 1. The van der Waals surface area contributed by atoms with Gasteiger partial charge < -0.3 is 19.9 Å². The number of carboxylic acids is 1. The average molecular weight is 534 g/mol. The zero-order chi connectivity index (χ0) is 27.5. The molecule has 3 heterocycles. The van der Waals surface area contributed by atoms with Crippen LogP contribution in [-0.4, -0.2) is 55.7 Å². The zero-order valence-corrected chi connectivity index (χ0v) is 20.4. The lowest BCUT2D eigenvalue weighted by atomic mass is 9.95. The standard InChI is InChI=1S/C23H25N5O3.C2HF3O2/c1-2-30-20-9-6-10-25-23(20)31-19-11-16(12-24-15-19)21-26-13-17(14-27-21)22(29)28-18-7-4-3-5-8-18;3-2(4,5)1(6)7/h6,9-15,18H,2-5,7-8H2,1H3,(H,28,29);(H,6,7). The highest BCUT2D eigenvalue weighted by atomic mass is 19.4. The molecule has 13 heteroatoms. The van der Waals surface area contributed by atoms with E-state index in [1.165, 1.54) is 6.42 Å². The number of carbonyl (C=O) groups excluding carboxylic acids is 1. The van der Waals surface area contributed by atoms with Gasteiger partial charge in [0.05, 0.1) is 18.4 Å². The van der Waals surface area contributed by atoms with Gasteiger partial charge in [-0.15, -0.1) is 0 Å². The molecule has 3 aromatic rings. The van der Waals surface area contributed by atoms with Gasteiger partial charge in [0.1, 0.15) is 5.75 Å². The third-order valence-electron chi connectivity index (χ3n) is 5.32. The first-order valence-corrected chi connectivity index (χ1v) is 11.8. The highest BCUT2D eigenvalue weighted by molar-refractivity contribution is 5.93. The first-order valence-electron chi connectivity index (χ1n) is 11.8. The summed E-state index contributed by atoms with van der Waals surface area (Å²) in [5.74, 6) is -1.03. The van der Waals surface area contributed by atoms with E-state index in [9.17, 15) is 18.0 Å². The summed E-state index contributed by atoms with van der Waals surface area (Å²) in [7, 11) is 0. The van der Waals surface area contributed by atoms with Crippen LogP contribution in [0.3, 0.4) is 0 Å². The first-order chi connectivity index (χ1) is 18.2. The third-order valence-corrected chi connectivity index (χ3v) is 5.32. The van der Waals surface area contributed by atoms with Gasteiger partial charge in [0.15, 0.2) is 11.6 Å². The lowest BCUT2D eigenvalue weighted by Crippen LogP contribution is -2.36. The van der Waals surface area contributed by atoms with Crippen molar-refractivity contribution in [3.63, 3.8) is 0 Å². The van der Waals surface area contributed by atoms with Crippen LogP contribution in [0.15, 0.2) is 49.2 Å². The smallest absolute Gasteiger partial charge is 0.488 e. The van der Waals surface area contributed by atoms with E-state index in [0.717, 1.165) is 25.7 Å². The molecule has 0 bridgehead atoms. The average Bonchev–Trinajstić information content (AvgIpc) is 2.91. The fraction of sp³-hybridized carbons (Fsp3) is 0.360. The van der Waals surface area contributed by atoms with E-state index >= 15 is 0 Å². The maximum absolute atomic E-state index is 12.5. The van der Waals surface area contributed by atoms with Crippen molar-refractivity contribution in [2.24, 2.45) is 0 Å². The SMILES string of the molecule is CCOc1cccnc1Oc1cncc(-c2ncc(C(=O)NC3CCCCC3)cn2)c1.O=C(O)C(F)(F)F. The third kappa shape index (κ3) is 8.39. The Morgan fingerprint density at radius 3 is 2.39 bits per heavy atom. The van der Waals surface area contributed by atoms with Crippen molar-refractivity contribution in [3.05, 3.63) is 54.7 Å². The van der Waals surface area contributed by atoms with Gasteiger partial charge in [-0.2, -0.15) is 13.2 Å². The normalized spacial score (nSPS) is 13.6. The molecule has 0 aromatic carbocycles. The number of carbonyl (C=O) groups is 2. The summed E-state index contributed by atoms with van der Waals surface area (Å²) in [6, 6.07) is 5.59. The summed E-state index contributed by atoms with van der Waals surface area (Å²) in [4.78, 5) is 38.5. The second-order valence-corrected chi connectivity index (χ2v) is 8.16. The molecule has 1 aliphatic carbocycles. The molecule has 0 unspecified atom stereocenters. The number of halogens is 3. The van der Waals surface area contributed by atoms with Crippen LogP contribution in [0.25, 0.3) is 11.4 Å². The Bertz CT molecular complexity index is 1220. The molecule has 0 spiro atoms. The van der Waals surface area contributed by atoms with Gasteiger partial charge in [0, 0.05) is 36.4 Å². The Morgan fingerprint density at radius 2 is 1.76 bits per heavy atom. The van der Waals surface area contributed by atoms with Gasteiger partial charge in [-0.25, -0.2) is 19.7 Å². The van der Waals surface area contributed by atoms with Crippen molar-refractivity contribution in [1.29, 1.82) is 0 Å². The summed E-state index contributed by atoms with van der Waals surface area (Å²) in [5.41, 5.74) is 1.12. The molecule has 10 nitrogen and oxygen atoms in total. The maximum Gasteiger partial charge on any atom is 0.490 e. The van der Waals surface area contributed by atoms with E-state index in [1.54, 1.807) is 49.2 Å². The molecule has 1 saturated carbocycles. The van der Waals surface area contributed by atoms with Crippen molar-refractivity contribution >= 4 is 11.9 Å². The van der Waals surface area contributed by atoms with Crippen LogP contribution in [0, 0.1) is 0 Å². The van der Waals surface area contributed by atoms with Crippen molar-refractivity contribution < 1.29 is 37.3 Å². The van der Waals surface area contributed by atoms with E-state index in [-0.39, 0.29) is 11.9 Å². The lowest BCUT2D eigenvalue weighted by Gasteiger charge is -2.22. The minimum Gasteiger partial charge on any atom is -0.488 e. The fourth-order valence-corrected chi connectivity index (χ4v) is 3.54. The second-order valence-electron chi connectivity index (χ2n) is 8.16. The molecule has 0 saturated heterocycles. The first kappa shape index (κ1) is 28.3. The highest BCUT2D eigenvalue weighted by Crippen LogP contribution is 2.30. The van der Waals surface area contributed by atoms with Crippen LogP contribution in [0.1, 0.15) is 49.4 Å². The number of hydrogen-bond acceptors (Lipinski definition) is 8. The molecule has 38 heavy (non-hydrogen) atoms. The van der Waals surface area contributed by atoms with Gasteiger partial charge in [-0.1, -0.05) is 19.3 Å². The molecule has 202 valence electrons. The number of carboxylic acid groups (broad SMARTS) is 1. The Hall–Kier alpha value is -4.29. The molecule has 1 fully saturated rings. The predicted molar refractivity (Wildman–Crippen MR) is 129 cm³/mol. The minimum absolute atomic E-state index is 0.132. The summed E-state index contributed by atoms with van der Waals surface area (Å²) in [6.07, 6.45) is 8.50. The van der Waals surface area contributed by atoms with Crippen molar-refractivity contribution in [3.8, 4) is 28.8 Å². The van der Waals surface area contributed by atoms with E-state index in [4.69, 9.17) is 19.4 Å². The molecule has 1 aliphatic rings. The number of rotatable bonds is 7. The highest BCUT2D eigenvalue weighted by Gasteiger charge is 2.38. The van der Waals surface area contributed by atoms with Crippen LogP contribution in [0.4, 0.5) is 13.2 Å². The topological polar surface area (TPSA) is 136 Å². The van der Waals surface area contributed by atoms with Gasteiger partial charge >= 0.3 is 12.1 Å². The quantitative estimate of drug-likeness (QED) is 0.438. The van der Waals surface area contributed by atoms with Crippen molar-refractivity contribution in [2.45, 2.75) is 51.2 Å². The number of hydrogen-bond donors (Lipinski definition) is 2. The number of aliphatic carboxylic acids is 1. The lowest BCUT2D eigenvalue weighted by molar-refractivity contribution is -0.192. The monoisotopic (exact) mass is 533 g/mol. The molecule has 2 N–H and O–H groups in total. The van der Waals surface area contributed by atoms with E-state index in [1.807, 2.05) is 6.92 Å². The Labute approximate surface area is 216 Å². The number of pyridine rings is 2. The minimum atomic E-state index is -5.08. The van der Waals surface area contributed by atoms with Crippen molar-refractivity contribution in [1.82, 2.24) is 25.3 Å². The van der Waals surface area contributed by atoms with Crippen molar-refractivity contribution in [2.75, 3.05) is 6.61 Å². The number of nitrogens with zero attached hydrogens (tertiary/aromatic N) is 4. The van der Waals surface area contributed by atoms with Crippen LogP contribution in [-0.2, 0) is 4.79 Å². The van der Waals surface area contributed by atoms with Crippen LogP contribution in [0.5, 0.6) is 17.4 Å². The number of ether oxygens (including phenoxy) is 2. The van der Waals surface area contributed by atoms with E-state index in [0.29, 0.717) is 40.9 Å². The van der Waals surface area contributed by atoms with E-state index in [2.05, 4.69) is 25.3 Å². The molecular formula is C25H26F3N5O5. The van der Waals surface area contributed by atoms with Gasteiger partial charge in [0.25, 0.3) is 11.8 Å². The second kappa shape index (κ2) is 13.3. The Kier molecular flexibility index (Phi) is 9.91. The summed E-state index contributed by atoms with van der Waals surface area (Å²) < 4.78 is 43.1. The summed E-state index contributed by atoms with van der Waals surface area (Å²) in [6.45, 7) is 2.41. The molecular weight excluding hydrogens is 507 g/mol. The number of alkyl halides is 3. The molecule has 4 rings (SSSR count). The molecule has 0 atom stereocenters. The van der Waals surface area contributed by atoms with Crippen LogP contribution in [0.2, 0.25) is 0 Å². The van der Waals surface area contributed by atoms with Gasteiger partial charge in [-0.3, -0.25) is 9.78 Å². The van der Waals surface area contributed by atoms with Gasteiger partial charge in [0.2, 0.25) is 0 Å². The summed E-state index contributed by atoms with van der Waals surface area (Å²) in [5, 5.41) is 10.2. The fourth-order valence-electron chi connectivity index (χ4n) is 3.54. The van der Waals surface area contributed by atoms with Crippen LogP contribution < -0.4 is 14.8 Å². The molecule has 0 radical (unpaired) electrons. The van der Waals surface area contributed by atoms with E-state index < -0.39 is 12.1 Å². The Balaban J connectivity index is 0.000000505. The number of nitrogens with one attached hydrogen (secondary N) is 1. The molecule has 1 amide bonds. The molecule has 0 aliphatic heterocycles. The largest absolute Gasteiger partial charge is 0.490 e. The van der Waals surface area contributed by atoms with Gasteiger partial charge in [-0.05, 0) is 38.0 Å².